The first-order valence-electron chi connectivity index (χ1n) is 7.00. The molecular weight excluding hydrogens is 223 g/mol. The molecule has 0 saturated carbocycles. The highest BCUT2D eigenvalue weighted by molar-refractivity contribution is 7.18. The van der Waals surface area contributed by atoms with Crippen LogP contribution in [0.1, 0.15) is 70.4 Å². The molecule has 1 heteroatoms. The van der Waals surface area contributed by atoms with Crippen molar-refractivity contribution in [3.63, 3.8) is 0 Å². The molecule has 0 N–H and O–H groups in total. The van der Waals surface area contributed by atoms with Gasteiger partial charge in [-0.3, -0.25) is 0 Å². The Bertz CT molecular complexity index is 318. The molecule has 0 bridgehead atoms. The van der Waals surface area contributed by atoms with Crippen LogP contribution in [-0.2, 0) is 5.16 Å². The molecule has 0 saturated heterocycles. The van der Waals surface area contributed by atoms with Crippen LogP contribution in [0.3, 0.4) is 0 Å². The predicted octanol–water partition coefficient (Wildman–Crippen LogP) is 5.48. The first-order valence-corrected chi connectivity index (χ1v) is 7.58. The molecule has 0 nitrogen and oxygen atoms in total. The summed E-state index contributed by atoms with van der Waals surface area (Å²) in [6, 6.07) is 9.32. The van der Waals surface area contributed by atoms with E-state index >= 15 is 0 Å². The van der Waals surface area contributed by atoms with Crippen LogP contribution in [0.25, 0.3) is 0 Å². The third-order valence-electron chi connectivity index (χ3n) is 4.20. The topological polar surface area (TPSA) is 0 Å². The maximum absolute atomic E-state index is 3.05. The minimum atomic E-state index is 0.270. The van der Waals surface area contributed by atoms with Crippen LogP contribution in [0.5, 0.6) is 0 Å². The van der Waals surface area contributed by atoms with Gasteiger partial charge in [0.2, 0.25) is 0 Å². The van der Waals surface area contributed by atoms with Gasteiger partial charge in [0.05, 0.1) is 0 Å². The molecule has 0 aliphatic heterocycles. The molecule has 1 unspecified atom stereocenters. The summed E-state index contributed by atoms with van der Waals surface area (Å²) < 4.78 is 0. The van der Waals surface area contributed by atoms with E-state index in [0.717, 1.165) is 5.92 Å². The lowest BCUT2D eigenvalue weighted by Crippen LogP contribution is -2.15. The summed E-state index contributed by atoms with van der Waals surface area (Å²) in [6.45, 7) is 9.09. The van der Waals surface area contributed by atoms with Crippen molar-refractivity contribution < 1.29 is 0 Å². The third-order valence-corrected chi connectivity index (χ3v) is 5.35. The smallest absolute Gasteiger partial charge is 0.00922 e. The second-order valence-corrected chi connectivity index (χ2v) is 6.10. The Labute approximate surface area is 109 Å². The molecule has 1 aromatic carbocycles. The summed E-state index contributed by atoms with van der Waals surface area (Å²) in [5, 5.41) is 0.270. The monoisotopic (exact) mass is 250 g/mol. The zero-order valence-corrected chi connectivity index (χ0v) is 12.9. The maximum Gasteiger partial charge on any atom is 0.00922 e. The summed E-state index contributed by atoms with van der Waals surface area (Å²) in [4.78, 5) is 0. The minimum absolute atomic E-state index is 0.270. The first-order chi connectivity index (χ1) is 8.11. The fourth-order valence-electron chi connectivity index (χ4n) is 2.51. The van der Waals surface area contributed by atoms with Crippen LogP contribution < -0.4 is 0 Å². The molecule has 0 aromatic heterocycles. The molecule has 0 aliphatic rings. The van der Waals surface area contributed by atoms with E-state index in [1.165, 1.54) is 36.8 Å². The van der Waals surface area contributed by atoms with Crippen molar-refractivity contribution in [2.45, 2.75) is 64.5 Å². The van der Waals surface area contributed by atoms with Crippen LogP contribution in [-0.4, -0.2) is 0 Å². The summed E-state index contributed by atoms with van der Waals surface area (Å²) in [6.07, 6.45) is 4.84. The van der Waals surface area contributed by atoms with Crippen molar-refractivity contribution in [1.29, 1.82) is 0 Å². The highest BCUT2D eigenvalue weighted by Crippen LogP contribution is 2.38. The summed E-state index contributed by atoms with van der Waals surface area (Å²) in [7, 11) is 3.05. The minimum Gasteiger partial charge on any atom is -0.126 e. The Kier molecular flexibility index (Phi) is 5.67. The van der Waals surface area contributed by atoms with E-state index in [1.54, 1.807) is 0 Å². The molecule has 1 aromatic rings. The average molecular weight is 250 g/mol. The lowest BCUT2D eigenvalue weighted by atomic mass is 9.88. The van der Waals surface area contributed by atoms with E-state index in [2.05, 4.69) is 61.2 Å². The van der Waals surface area contributed by atoms with Crippen molar-refractivity contribution in [1.82, 2.24) is 0 Å². The largest absolute Gasteiger partial charge is 0.126 e. The standard InChI is InChI=1S/C16H27P/c1-5-13(6-2)14-9-11-15(12-10-14)16(17,7-3)8-4/h9-13H,5-8,17H2,1-4H3. The third kappa shape index (κ3) is 3.32. The average Bonchev–Trinajstić information content (AvgIpc) is 2.40. The van der Waals surface area contributed by atoms with Gasteiger partial charge < -0.3 is 0 Å². The van der Waals surface area contributed by atoms with Crippen LogP contribution in [0.4, 0.5) is 0 Å². The molecule has 17 heavy (non-hydrogen) atoms. The number of benzene rings is 1. The molecule has 96 valence electrons. The van der Waals surface area contributed by atoms with Gasteiger partial charge in [-0.2, -0.15) is 0 Å². The first kappa shape index (κ1) is 14.7. The lowest BCUT2D eigenvalue weighted by Gasteiger charge is -2.27. The van der Waals surface area contributed by atoms with Crippen LogP contribution in [0, 0.1) is 0 Å². The highest BCUT2D eigenvalue weighted by Gasteiger charge is 2.22. The van der Waals surface area contributed by atoms with Gasteiger partial charge in [0.1, 0.15) is 0 Å². The van der Waals surface area contributed by atoms with Gasteiger partial charge >= 0.3 is 0 Å². The summed E-state index contributed by atoms with van der Waals surface area (Å²) in [5.41, 5.74) is 2.96. The Morgan fingerprint density at radius 3 is 1.76 bits per heavy atom. The molecule has 0 amide bonds. The Hall–Kier alpha value is -0.350. The van der Waals surface area contributed by atoms with Gasteiger partial charge in [-0.05, 0) is 42.7 Å². The zero-order chi connectivity index (χ0) is 12.9. The highest BCUT2D eigenvalue weighted by atomic mass is 31.0. The van der Waals surface area contributed by atoms with Gasteiger partial charge in [-0.25, -0.2) is 0 Å². The number of hydrogen-bond acceptors (Lipinski definition) is 0. The quantitative estimate of drug-likeness (QED) is 0.586. The lowest BCUT2D eigenvalue weighted by molar-refractivity contribution is 0.577. The van der Waals surface area contributed by atoms with E-state index in [-0.39, 0.29) is 5.16 Å². The second-order valence-electron chi connectivity index (χ2n) is 5.00. The van der Waals surface area contributed by atoms with Crippen LogP contribution in [0.2, 0.25) is 0 Å². The van der Waals surface area contributed by atoms with Gasteiger partial charge in [0.15, 0.2) is 0 Å². The molecule has 0 spiro atoms. The van der Waals surface area contributed by atoms with Crippen molar-refractivity contribution in [3.8, 4) is 0 Å². The fourth-order valence-corrected chi connectivity index (χ4v) is 2.70. The SMILES string of the molecule is CCC(CC)c1ccc(C(P)(CC)CC)cc1. The van der Waals surface area contributed by atoms with E-state index in [9.17, 15) is 0 Å². The zero-order valence-electron chi connectivity index (χ0n) is 11.8. The Balaban J connectivity index is 2.94. The predicted molar refractivity (Wildman–Crippen MR) is 81.7 cm³/mol. The Morgan fingerprint density at radius 1 is 0.941 bits per heavy atom. The maximum atomic E-state index is 3.05. The number of rotatable bonds is 6. The molecule has 0 radical (unpaired) electrons. The van der Waals surface area contributed by atoms with Gasteiger partial charge in [0.25, 0.3) is 0 Å². The molecule has 0 heterocycles. The molecule has 0 fully saturated rings. The van der Waals surface area contributed by atoms with Crippen molar-refractivity contribution in [2.24, 2.45) is 0 Å². The van der Waals surface area contributed by atoms with Crippen LogP contribution >= 0.6 is 9.24 Å². The van der Waals surface area contributed by atoms with Gasteiger partial charge in [0, 0.05) is 5.16 Å². The van der Waals surface area contributed by atoms with E-state index in [0.29, 0.717) is 0 Å². The van der Waals surface area contributed by atoms with Gasteiger partial charge in [-0.1, -0.05) is 52.0 Å². The van der Waals surface area contributed by atoms with Crippen molar-refractivity contribution in [2.75, 3.05) is 0 Å². The normalized spacial score (nSPS) is 12.1. The Morgan fingerprint density at radius 2 is 1.41 bits per heavy atom. The van der Waals surface area contributed by atoms with Crippen molar-refractivity contribution >= 4 is 9.24 Å². The molecule has 1 atom stereocenters. The van der Waals surface area contributed by atoms with E-state index < -0.39 is 0 Å². The molecular formula is C16H27P. The van der Waals surface area contributed by atoms with Crippen LogP contribution in [0.15, 0.2) is 24.3 Å². The second kappa shape index (κ2) is 6.55. The molecule has 0 aliphatic carbocycles. The van der Waals surface area contributed by atoms with Gasteiger partial charge in [-0.15, -0.1) is 9.24 Å². The fraction of sp³-hybridized carbons (Fsp3) is 0.625. The molecule has 1 rings (SSSR count). The van der Waals surface area contributed by atoms with Crippen molar-refractivity contribution in [3.05, 3.63) is 35.4 Å². The summed E-state index contributed by atoms with van der Waals surface area (Å²) in [5.74, 6) is 0.728. The number of hydrogen-bond donors (Lipinski definition) is 0. The van der Waals surface area contributed by atoms with E-state index in [4.69, 9.17) is 0 Å². The van der Waals surface area contributed by atoms with E-state index in [1.807, 2.05) is 0 Å². The summed E-state index contributed by atoms with van der Waals surface area (Å²) >= 11 is 0.